The van der Waals surface area contributed by atoms with Crippen LogP contribution in [0, 0.1) is 5.92 Å². The summed E-state index contributed by atoms with van der Waals surface area (Å²) in [6.07, 6.45) is 0.704. The molecule has 5 nitrogen and oxygen atoms in total. The summed E-state index contributed by atoms with van der Waals surface area (Å²) in [5, 5.41) is 0. The highest BCUT2D eigenvalue weighted by atomic mass is 16.5. The first-order valence-corrected chi connectivity index (χ1v) is 6.05. The molecule has 0 aromatic rings. The lowest BCUT2D eigenvalue weighted by Gasteiger charge is -2.25. The van der Waals surface area contributed by atoms with Gasteiger partial charge in [0.25, 0.3) is 0 Å². The molecule has 0 aliphatic carbocycles. The number of hydrogen-bond donors (Lipinski definition) is 1. The van der Waals surface area contributed by atoms with Gasteiger partial charge in [-0.15, -0.1) is 0 Å². The van der Waals surface area contributed by atoms with E-state index < -0.39 is 6.04 Å². The highest BCUT2D eigenvalue weighted by Gasteiger charge is 2.21. The van der Waals surface area contributed by atoms with Crippen LogP contribution in [0.2, 0.25) is 0 Å². The number of carbonyl (C=O) groups excluding carboxylic acids is 1. The van der Waals surface area contributed by atoms with Gasteiger partial charge in [0, 0.05) is 27.3 Å². The zero-order valence-electron chi connectivity index (χ0n) is 11.4. The maximum Gasteiger partial charge on any atom is 0.239 e. The smallest absolute Gasteiger partial charge is 0.239 e. The number of rotatable bonds is 9. The molecule has 0 heterocycles. The molecule has 0 saturated heterocycles. The van der Waals surface area contributed by atoms with Crippen LogP contribution < -0.4 is 5.73 Å². The molecule has 0 bridgehead atoms. The van der Waals surface area contributed by atoms with Crippen molar-refractivity contribution < 1.29 is 14.3 Å². The van der Waals surface area contributed by atoms with Crippen molar-refractivity contribution in [2.45, 2.75) is 26.3 Å². The van der Waals surface area contributed by atoms with Gasteiger partial charge in [-0.05, 0) is 12.3 Å². The van der Waals surface area contributed by atoms with Gasteiger partial charge in [-0.3, -0.25) is 4.79 Å². The zero-order valence-corrected chi connectivity index (χ0v) is 11.4. The second-order valence-electron chi connectivity index (χ2n) is 4.55. The molecule has 0 aliphatic rings. The lowest BCUT2D eigenvalue weighted by Crippen LogP contribution is -2.46. The Labute approximate surface area is 104 Å². The van der Waals surface area contributed by atoms with Crippen LogP contribution in [0.1, 0.15) is 20.3 Å². The average molecular weight is 246 g/mol. The number of carbonyl (C=O) groups is 1. The van der Waals surface area contributed by atoms with Gasteiger partial charge < -0.3 is 20.1 Å². The van der Waals surface area contributed by atoms with Gasteiger partial charge >= 0.3 is 0 Å². The van der Waals surface area contributed by atoms with E-state index in [0.29, 0.717) is 38.6 Å². The fourth-order valence-corrected chi connectivity index (χ4v) is 1.58. The van der Waals surface area contributed by atoms with Crippen LogP contribution in [0.25, 0.3) is 0 Å². The van der Waals surface area contributed by atoms with Crippen molar-refractivity contribution in [1.29, 1.82) is 0 Å². The maximum absolute atomic E-state index is 12.1. The molecule has 0 radical (unpaired) electrons. The highest BCUT2D eigenvalue weighted by molar-refractivity contribution is 5.81. The number of methoxy groups -OCH3 is 2. The number of nitrogens with zero attached hydrogens (tertiary/aromatic N) is 1. The Kier molecular flexibility index (Phi) is 9.03. The average Bonchev–Trinajstić information content (AvgIpc) is 2.27. The molecular formula is C12H26N2O3. The summed E-state index contributed by atoms with van der Waals surface area (Å²) >= 11 is 0. The third-order valence-corrected chi connectivity index (χ3v) is 2.48. The van der Waals surface area contributed by atoms with Crippen molar-refractivity contribution in [2.24, 2.45) is 11.7 Å². The Morgan fingerprint density at radius 1 is 1.18 bits per heavy atom. The van der Waals surface area contributed by atoms with Gasteiger partial charge in [-0.2, -0.15) is 0 Å². The molecular weight excluding hydrogens is 220 g/mol. The molecule has 102 valence electrons. The van der Waals surface area contributed by atoms with E-state index in [4.69, 9.17) is 15.2 Å². The van der Waals surface area contributed by atoms with E-state index in [0.717, 1.165) is 0 Å². The third-order valence-electron chi connectivity index (χ3n) is 2.48. The summed E-state index contributed by atoms with van der Waals surface area (Å²) in [6, 6.07) is -0.427. The second kappa shape index (κ2) is 9.39. The molecule has 0 aliphatic heterocycles. The fraction of sp³-hybridized carbons (Fsp3) is 0.917. The maximum atomic E-state index is 12.1. The minimum Gasteiger partial charge on any atom is -0.383 e. The number of ether oxygens (including phenoxy) is 2. The van der Waals surface area contributed by atoms with Gasteiger partial charge in [0.05, 0.1) is 19.3 Å². The minimum atomic E-state index is -0.427. The summed E-state index contributed by atoms with van der Waals surface area (Å²) in [5.41, 5.74) is 5.89. The van der Waals surface area contributed by atoms with Gasteiger partial charge in [0.1, 0.15) is 0 Å². The van der Waals surface area contributed by atoms with Crippen LogP contribution >= 0.6 is 0 Å². The van der Waals surface area contributed by atoms with E-state index in [2.05, 4.69) is 13.8 Å². The monoisotopic (exact) mass is 246 g/mol. The number of hydrogen-bond acceptors (Lipinski definition) is 4. The molecule has 0 unspecified atom stereocenters. The van der Waals surface area contributed by atoms with Crippen LogP contribution in [-0.4, -0.2) is 57.4 Å². The second-order valence-corrected chi connectivity index (χ2v) is 4.55. The molecule has 0 rings (SSSR count). The quantitative estimate of drug-likeness (QED) is 0.643. The predicted octanol–water partition coefficient (Wildman–Crippen LogP) is 0.481. The van der Waals surface area contributed by atoms with Crippen molar-refractivity contribution in [2.75, 3.05) is 40.5 Å². The largest absolute Gasteiger partial charge is 0.383 e. The number of amides is 1. The van der Waals surface area contributed by atoms with E-state index in [1.807, 2.05) is 0 Å². The highest BCUT2D eigenvalue weighted by Crippen LogP contribution is 2.06. The number of nitrogens with two attached hydrogens (primary N) is 1. The van der Waals surface area contributed by atoms with Gasteiger partial charge in [-0.1, -0.05) is 13.8 Å². The van der Waals surface area contributed by atoms with E-state index in [1.54, 1.807) is 19.1 Å². The normalized spacial score (nSPS) is 12.8. The Bertz CT molecular complexity index is 202. The molecule has 2 N–H and O–H groups in total. The standard InChI is InChI=1S/C12H26N2O3/c1-10(2)9-11(13)12(15)14(5-7-16-3)6-8-17-4/h10-11H,5-9,13H2,1-4H3/t11-/m0/s1. The Balaban J connectivity index is 4.28. The van der Waals surface area contributed by atoms with Crippen LogP contribution in [0.15, 0.2) is 0 Å². The lowest BCUT2D eigenvalue weighted by molar-refractivity contribution is -0.134. The van der Waals surface area contributed by atoms with Gasteiger partial charge in [0.15, 0.2) is 0 Å². The van der Waals surface area contributed by atoms with Gasteiger partial charge in [-0.25, -0.2) is 0 Å². The first-order chi connectivity index (χ1) is 8.02. The first kappa shape index (κ1) is 16.4. The van der Waals surface area contributed by atoms with E-state index >= 15 is 0 Å². The van der Waals surface area contributed by atoms with Gasteiger partial charge in [0.2, 0.25) is 5.91 Å². The van der Waals surface area contributed by atoms with Crippen molar-refractivity contribution in [1.82, 2.24) is 4.90 Å². The van der Waals surface area contributed by atoms with Crippen molar-refractivity contribution in [3.63, 3.8) is 0 Å². The molecule has 0 aromatic heterocycles. The van der Waals surface area contributed by atoms with Crippen molar-refractivity contribution >= 4 is 5.91 Å². The summed E-state index contributed by atoms with van der Waals surface area (Å²) in [7, 11) is 3.24. The zero-order chi connectivity index (χ0) is 13.3. The lowest BCUT2D eigenvalue weighted by atomic mass is 10.0. The van der Waals surface area contributed by atoms with E-state index in [-0.39, 0.29) is 5.91 Å². The topological polar surface area (TPSA) is 64.8 Å². The molecule has 0 aromatic carbocycles. The molecule has 17 heavy (non-hydrogen) atoms. The van der Waals surface area contributed by atoms with Crippen LogP contribution in [-0.2, 0) is 14.3 Å². The molecule has 1 atom stereocenters. The molecule has 5 heteroatoms. The SMILES string of the molecule is COCCN(CCOC)C(=O)[C@@H](N)CC(C)C. The first-order valence-electron chi connectivity index (χ1n) is 6.05. The Hall–Kier alpha value is -0.650. The van der Waals surface area contributed by atoms with Crippen LogP contribution in [0.4, 0.5) is 0 Å². The van der Waals surface area contributed by atoms with Crippen molar-refractivity contribution in [3.8, 4) is 0 Å². The van der Waals surface area contributed by atoms with Crippen LogP contribution in [0.3, 0.4) is 0 Å². The molecule has 0 saturated carbocycles. The fourth-order valence-electron chi connectivity index (χ4n) is 1.58. The molecule has 1 amide bonds. The van der Waals surface area contributed by atoms with Crippen molar-refractivity contribution in [3.05, 3.63) is 0 Å². The summed E-state index contributed by atoms with van der Waals surface area (Å²) in [6.45, 7) is 6.27. The molecule has 0 fully saturated rings. The third kappa shape index (κ3) is 7.31. The predicted molar refractivity (Wildman–Crippen MR) is 67.8 cm³/mol. The summed E-state index contributed by atoms with van der Waals surface area (Å²) in [4.78, 5) is 13.8. The summed E-state index contributed by atoms with van der Waals surface area (Å²) < 4.78 is 9.98. The summed E-state index contributed by atoms with van der Waals surface area (Å²) in [5.74, 6) is 0.397. The minimum absolute atomic E-state index is 0.0206. The Morgan fingerprint density at radius 2 is 1.65 bits per heavy atom. The Morgan fingerprint density at radius 3 is 2.00 bits per heavy atom. The van der Waals surface area contributed by atoms with E-state index in [9.17, 15) is 4.79 Å². The molecule has 0 spiro atoms. The van der Waals surface area contributed by atoms with E-state index in [1.165, 1.54) is 0 Å². The van der Waals surface area contributed by atoms with Crippen LogP contribution in [0.5, 0.6) is 0 Å².